The second-order valence-electron chi connectivity index (χ2n) is 4.56. The molecule has 0 spiro atoms. The molecule has 2 aromatic carbocycles. The first kappa shape index (κ1) is 19.0. The highest BCUT2D eigenvalue weighted by Crippen LogP contribution is 2.39. The lowest BCUT2D eigenvalue weighted by Crippen LogP contribution is -2.20. The maximum Gasteiger partial charge on any atom is 0.417 e. The lowest BCUT2D eigenvalue weighted by atomic mass is 10.1. The van der Waals surface area contributed by atoms with Crippen LogP contribution in [0.15, 0.2) is 18.2 Å². The van der Waals surface area contributed by atoms with Gasteiger partial charge in [-0.15, -0.1) is 0 Å². The van der Waals surface area contributed by atoms with Crippen LogP contribution in [0, 0.1) is 29.1 Å². The number of anilines is 2. The first-order valence-electron chi connectivity index (χ1n) is 6.13. The van der Waals surface area contributed by atoms with E-state index in [0.717, 1.165) is 0 Å². The summed E-state index contributed by atoms with van der Waals surface area (Å²) < 4.78 is 105. The molecule has 0 N–H and O–H groups in total. The number of carbonyl (C=O) groups excluding carboxylic acids is 1. The van der Waals surface area contributed by atoms with Crippen LogP contribution in [0.2, 0.25) is 5.02 Å². The number of carbonyl (C=O) groups is 1. The zero-order chi connectivity index (χ0) is 19.1. The molecule has 0 fully saturated rings. The minimum absolute atomic E-state index is 0.0533. The van der Waals surface area contributed by atoms with E-state index in [1.165, 1.54) is 0 Å². The summed E-state index contributed by atoms with van der Waals surface area (Å²) in [6.07, 6.45) is -5.19. The van der Waals surface area contributed by atoms with Gasteiger partial charge in [-0.05, 0) is 18.2 Å². The molecule has 0 aliphatic rings. The molecule has 0 heterocycles. The third kappa shape index (κ3) is 3.26. The van der Waals surface area contributed by atoms with Gasteiger partial charge in [-0.1, -0.05) is 11.6 Å². The second kappa shape index (κ2) is 6.51. The number of nitrogens with zero attached hydrogens (tertiary/aromatic N) is 1. The van der Waals surface area contributed by atoms with Crippen LogP contribution in [0.5, 0.6) is 0 Å². The van der Waals surface area contributed by atoms with Crippen LogP contribution in [0.25, 0.3) is 0 Å². The first-order valence-corrected chi connectivity index (χ1v) is 6.51. The minimum atomic E-state index is -4.85. The van der Waals surface area contributed by atoms with Crippen molar-refractivity contribution in [3.05, 3.63) is 57.9 Å². The van der Waals surface area contributed by atoms with Crippen LogP contribution >= 0.6 is 11.6 Å². The standard InChI is InChI=1S/C14H4ClF8NO/c15-7-3-5(1-2-6(7)14(21,22)23)24(4-25)13-11(19)9(17)8(16)10(18)12(13)20/h1-4H. The van der Waals surface area contributed by atoms with Crippen molar-refractivity contribution in [3.8, 4) is 0 Å². The van der Waals surface area contributed by atoms with E-state index < -0.39 is 57.2 Å². The fraction of sp³-hybridized carbons (Fsp3) is 0.0714. The molecule has 0 aliphatic carbocycles. The van der Waals surface area contributed by atoms with E-state index >= 15 is 0 Å². The van der Waals surface area contributed by atoms with Gasteiger partial charge in [0.1, 0.15) is 5.69 Å². The average Bonchev–Trinajstić information content (AvgIpc) is 2.53. The molecule has 134 valence electrons. The zero-order valence-corrected chi connectivity index (χ0v) is 12.3. The summed E-state index contributed by atoms with van der Waals surface area (Å²) in [5.74, 6) is -11.8. The van der Waals surface area contributed by atoms with Crippen LogP contribution in [-0.2, 0) is 11.0 Å². The summed E-state index contributed by atoms with van der Waals surface area (Å²) in [5.41, 5.74) is -3.61. The molecule has 11 heteroatoms. The topological polar surface area (TPSA) is 20.3 Å². The average molecular weight is 390 g/mol. The lowest BCUT2D eigenvalue weighted by Gasteiger charge is -2.21. The number of benzene rings is 2. The van der Waals surface area contributed by atoms with Crippen molar-refractivity contribution in [2.24, 2.45) is 0 Å². The zero-order valence-electron chi connectivity index (χ0n) is 11.6. The predicted molar refractivity (Wildman–Crippen MR) is 70.9 cm³/mol. The monoisotopic (exact) mass is 389 g/mol. The van der Waals surface area contributed by atoms with Gasteiger partial charge in [0.2, 0.25) is 12.2 Å². The number of halogens is 9. The van der Waals surface area contributed by atoms with Crippen molar-refractivity contribution in [2.75, 3.05) is 4.90 Å². The lowest BCUT2D eigenvalue weighted by molar-refractivity contribution is -0.137. The third-order valence-corrected chi connectivity index (χ3v) is 3.38. The molecule has 0 atom stereocenters. The molecule has 0 aliphatic heterocycles. The van der Waals surface area contributed by atoms with Crippen LogP contribution in [0.4, 0.5) is 46.5 Å². The first-order chi connectivity index (χ1) is 11.5. The van der Waals surface area contributed by atoms with E-state index in [1.54, 1.807) is 0 Å². The van der Waals surface area contributed by atoms with Crippen LogP contribution in [0.1, 0.15) is 5.56 Å². The summed E-state index contributed by atoms with van der Waals surface area (Å²) in [5, 5.41) is -0.944. The highest BCUT2D eigenvalue weighted by Gasteiger charge is 2.34. The number of rotatable bonds is 3. The molecular weight excluding hydrogens is 386 g/mol. The third-order valence-electron chi connectivity index (χ3n) is 3.07. The molecule has 0 saturated heterocycles. The molecule has 0 saturated carbocycles. The molecule has 1 amide bonds. The van der Waals surface area contributed by atoms with Gasteiger partial charge in [-0.2, -0.15) is 13.2 Å². The molecule has 25 heavy (non-hydrogen) atoms. The highest BCUT2D eigenvalue weighted by atomic mass is 35.5. The Kier molecular flexibility index (Phi) is 4.94. The van der Waals surface area contributed by atoms with E-state index in [0.29, 0.717) is 18.2 Å². The van der Waals surface area contributed by atoms with Gasteiger partial charge in [-0.3, -0.25) is 9.69 Å². The minimum Gasteiger partial charge on any atom is -0.278 e. The van der Waals surface area contributed by atoms with Gasteiger partial charge in [0.05, 0.1) is 16.3 Å². The maximum absolute atomic E-state index is 13.8. The number of hydrogen-bond donors (Lipinski definition) is 0. The number of alkyl halides is 3. The molecule has 2 rings (SSSR count). The Morgan fingerprint density at radius 1 is 0.880 bits per heavy atom. The molecule has 0 unspecified atom stereocenters. The Balaban J connectivity index is 2.67. The predicted octanol–water partition coefficient (Wildman–Crippen LogP) is 5.35. The van der Waals surface area contributed by atoms with Gasteiger partial charge < -0.3 is 0 Å². The molecular formula is C14H4ClF8NO. The molecule has 2 nitrogen and oxygen atoms in total. The van der Waals surface area contributed by atoms with Crippen LogP contribution in [0.3, 0.4) is 0 Å². The van der Waals surface area contributed by atoms with Gasteiger partial charge >= 0.3 is 6.18 Å². The maximum atomic E-state index is 13.8. The highest BCUT2D eigenvalue weighted by molar-refractivity contribution is 6.31. The Bertz CT molecular complexity index is 823. The van der Waals surface area contributed by atoms with Crippen molar-refractivity contribution >= 4 is 29.4 Å². The van der Waals surface area contributed by atoms with Crippen LogP contribution < -0.4 is 4.90 Å². The van der Waals surface area contributed by atoms with E-state index in [-0.39, 0.29) is 11.3 Å². The van der Waals surface area contributed by atoms with Gasteiger partial charge in [0, 0.05) is 0 Å². The number of amides is 1. The van der Waals surface area contributed by atoms with Crippen molar-refractivity contribution in [1.29, 1.82) is 0 Å². The smallest absolute Gasteiger partial charge is 0.278 e. The van der Waals surface area contributed by atoms with E-state index in [9.17, 15) is 39.9 Å². The van der Waals surface area contributed by atoms with Crippen molar-refractivity contribution < 1.29 is 39.9 Å². The van der Waals surface area contributed by atoms with Crippen molar-refractivity contribution in [2.45, 2.75) is 6.18 Å². The fourth-order valence-electron chi connectivity index (χ4n) is 1.93. The van der Waals surface area contributed by atoms with E-state index in [2.05, 4.69) is 0 Å². The molecule has 0 bridgehead atoms. The van der Waals surface area contributed by atoms with E-state index in [1.807, 2.05) is 0 Å². The Morgan fingerprint density at radius 2 is 1.36 bits per heavy atom. The normalized spacial score (nSPS) is 11.6. The Labute approximate surface area is 139 Å². The summed E-state index contributed by atoms with van der Waals surface area (Å²) in [6.45, 7) is 0. The summed E-state index contributed by atoms with van der Waals surface area (Å²) in [4.78, 5) is 11.0. The van der Waals surface area contributed by atoms with Crippen molar-refractivity contribution in [1.82, 2.24) is 0 Å². The number of hydrogen-bond acceptors (Lipinski definition) is 1. The summed E-state index contributed by atoms with van der Waals surface area (Å²) >= 11 is 5.41. The van der Waals surface area contributed by atoms with Crippen molar-refractivity contribution in [3.63, 3.8) is 0 Å². The Morgan fingerprint density at radius 3 is 1.76 bits per heavy atom. The largest absolute Gasteiger partial charge is 0.417 e. The van der Waals surface area contributed by atoms with Gasteiger partial charge in [0.25, 0.3) is 0 Å². The SMILES string of the molecule is O=CN(c1ccc(C(F)(F)F)c(Cl)c1)c1c(F)c(F)c(F)c(F)c1F. The Hall–Kier alpha value is -2.36. The molecule has 2 aromatic rings. The van der Waals surface area contributed by atoms with Gasteiger partial charge in [0.15, 0.2) is 23.3 Å². The second-order valence-corrected chi connectivity index (χ2v) is 4.96. The summed E-state index contributed by atoms with van der Waals surface area (Å²) in [7, 11) is 0. The molecule has 0 aromatic heterocycles. The quantitative estimate of drug-likeness (QED) is 0.300. The fourth-order valence-corrected chi connectivity index (χ4v) is 2.21. The van der Waals surface area contributed by atoms with E-state index in [4.69, 9.17) is 11.6 Å². The van der Waals surface area contributed by atoms with Crippen LogP contribution in [-0.4, -0.2) is 6.41 Å². The molecule has 0 radical (unpaired) electrons. The summed E-state index contributed by atoms with van der Waals surface area (Å²) in [6, 6.07) is 1.47. The van der Waals surface area contributed by atoms with Gasteiger partial charge in [-0.25, -0.2) is 22.0 Å².